The number of likely N-dealkylation sites (tertiary alicyclic amines) is 1. The van der Waals surface area contributed by atoms with Gasteiger partial charge in [-0.05, 0) is 42.6 Å². The van der Waals surface area contributed by atoms with Crippen LogP contribution in [0.4, 0.5) is 5.69 Å². The Morgan fingerprint density at radius 1 is 1.41 bits per heavy atom. The zero-order valence-electron chi connectivity index (χ0n) is 13.1. The average molecular weight is 346 g/mol. The van der Waals surface area contributed by atoms with Crippen molar-refractivity contribution >= 4 is 35.6 Å². The number of carbonyl (C=O) groups is 1. The van der Waals surface area contributed by atoms with E-state index in [9.17, 15) is 4.79 Å². The number of hydrogen-bond donors (Lipinski definition) is 2. The molecule has 0 aliphatic carbocycles. The summed E-state index contributed by atoms with van der Waals surface area (Å²) in [6.07, 6.45) is 1.49. The number of rotatable bonds is 4. The van der Waals surface area contributed by atoms with Gasteiger partial charge in [-0.2, -0.15) is 0 Å². The van der Waals surface area contributed by atoms with E-state index in [2.05, 4.69) is 24.1 Å². The molecule has 0 aromatic heterocycles. The van der Waals surface area contributed by atoms with Crippen LogP contribution in [-0.2, 0) is 4.79 Å². The normalized spacial score (nSPS) is 21.0. The summed E-state index contributed by atoms with van der Waals surface area (Å²) in [5.41, 5.74) is 7.03. The maximum atomic E-state index is 12.0. The SMILES string of the molecule is CC1(C)CN(CCC(=O)Nc2ccc(Cl)cc2)CCC1N.Cl. The lowest BCUT2D eigenvalue weighted by Crippen LogP contribution is -2.52. The summed E-state index contributed by atoms with van der Waals surface area (Å²) in [6.45, 7) is 7.08. The molecule has 1 saturated heterocycles. The molecular weight excluding hydrogens is 321 g/mol. The molecule has 3 N–H and O–H groups in total. The third kappa shape index (κ3) is 5.43. The number of anilines is 1. The van der Waals surface area contributed by atoms with Crippen LogP contribution in [0.2, 0.25) is 5.02 Å². The van der Waals surface area contributed by atoms with Crippen molar-refractivity contribution in [1.82, 2.24) is 4.90 Å². The molecular formula is C16H25Cl2N3O. The number of benzene rings is 1. The lowest BCUT2D eigenvalue weighted by atomic mass is 9.80. The summed E-state index contributed by atoms with van der Waals surface area (Å²) in [5, 5.41) is 3.56. The van der Waals surface area contributed by atoms with Gasteiger partial charge < -0.3 is 16.0 Å². The van der Waals surface area contributed by atoms with E-state index < -0.39 is 0 Å². The molecule has 1 amide bonds. The Labute approximate surface area is 143 Å². The molecule has 1 aliphatic heterocycles. The molecule has 0 spiro atoms. The van der Waals surface area contributed by atoms with Crippen molar-refractivity contribution in [3.8, 4) is 0 Å². The molecule has 1 fully saturated rings. The number of piperidine rings is 1. The predicted octanol–water partition coefficient (Wildman–Crippen LogP) is 3.15. The summed E-state index contributed by atoms with van der Waals surface area (Å²) in [5.74, 6) is 0.0324. The lowest BCUT2D eigenvalue weighted by Gasteiger charge is -2.42. The second kappa shape index (κ2) is 8.16. The van der Waals surface area contributed by atoms with Crippen LogP contribution in [0.25, 0.3) is 0 Å². The third-order valence-electron chi connectivity index (χ3n) is 4.17. The number of amides is 1. The van der Waals surface area contributed by atoms with E-state index in [1.165, 1.54) is 0 Å². The quantitative estimate of drug-likeness (QED) is 0.881. The minimum absolute atomic E-state index is 0. The van der Waals surface area contributed by atoms with E-state index in [1.807, 2.05) is 12.1 Å². The predicted molar refractivity (Wildman–Crippen MR) is 94.8 cm³/mol. The fourth-order valence-electron chi connectivity index (χ4n) is 2.69. The summed E-state index contributed by atoms with van der Waals surface area (Å²) in [7, 11) is 0. The Morgan fingerprint density at radius 3 is 2.64 bits per heavy atom. The van der Waals surface area contributed by atoms with Crippen molar-refractivity contribution < 1.29 is 4.79 Å². The van der Waals surface area contributed by atoms with E-state index in [1.54, 1.807) is 12.1 Å². The van der Waals surface area contributed by atoms with E-state index in [0.29, 0.717) is 11.4 Å². The number of nitrogens with one attached hydrogen (secondary N) is 1. The molecule has 1 heterocycles. The van der Waals surface area contributed by atoms with Crippen molar-refractivity contribution in [3.63, 3.8) is 0 Å². The average Bonchev–Trinajstić information content (AvgIpc) is 2.42. The standard InChI is InChI=1S/C16H24ClN3O.ClH/c1-16(2)11-20(9-7-14(16)18)10-8-15(21)19-13-5-3-12(17)4-6-13;/h3-6,14H,7-11,18H2,1-2H3,(H,19,21);1H. The summed E-state index contributed by atoms with van der Waals surface area (Å²) in [4.78, 5) is 14.3. The van der Waals surface area contributed by atoms with Gasteiger partial charge in [-0.1, -0.05) is 25.4 Å². The van der Waals surface area contributed by atoms with Gasteiger partial charge in [0.1, 0.15) is 0 Å². The molecule has 1 aromatic rings. The number of halogens is 2. The topological polar surface area (TPSA) is 58.4 Å². The first-order chi connectivity index (χ1) is 9.87. The summed E-state index contributed by atoms with van der Waals surface area (Å²) in [6, 6.07) is 7.40. The van der Waals surface area contributed by atoms with Crippen LogP contribution in [0.15, 0.2) is 24.3 Å². The van der Waals surface area contributed by atoms with Crippen LogP contribution >= 0.6 is 24.0 Å². The molecule has 1 aliphatic rings. The molecule has 0 radical (unpaired) electrons. The largest absolute Gasteiger partial charge is 0.327 e. The van der Waals surface area contributed by atoms with Gasteiger partial charge in [-0.25, -0.2) is 0 Å². The first-order valence-electron chi connectivity index (χ1n) is 7.40. The minimum Gasteiger partial charge on any atom is -0.327 e. The smallest absolute Gasteiger partial charge is 0.225 e. The molecule has 4 nitrogen and oxygen atoms in total. The first kappa shape index (κ1) is 19.2. The number of carbonyl (C=O) groups excluding carboxylic acids is 1. The Hall–Kier alpha value is -0.810. The van der Waals surface area contributed by atoms with Crippen LogP contribution in [0, 0.1) is 5.41 Å². The molecule has 1 aromatic carbocycles. The van der Waals surface area contributed by atoms with Gasteiger partial charge in [0.25, 0.3) is 0 Å². The Balaban J connectivity index is 0.00000242. The van der Waals surface area contributed by atoms with Gasteiger partial charge in [-0.3, -0.25) is 4.79 Å². The Morgan fingerprint density at radius 2 is 2.05 bits per heavy atom. The van der Waals surface area contributed by atoms with E-state index in [-0.39, 0.29) is 29.8 Å². The maximum absolute atomic E-state index is 12.0. The van der Waals surface area contributed by atoms with Gasteiger partial charge in [0.15, 0.2) is 0 Å². The molecule has 124 valence electrons. The van der Waals surface area contributed by atoms with Gasteiger partial charge in [0.05, 0.1) is 0 Å². The highest BCUT2D eigenvalue weighted by molar-refractivity contribution is 6.30. The summed E-state index contributed by atoms with van der Waals surface area (Å²) >= 11 is 5.82. The minimum atomic E-state index is 0. The van der Waals surface area contributed by atoms with Crippen LogP contribution in [-0.4, -0.2) is 36.5 Å². The first-order valence-corrected chi connectivity index (χ1v) is 7.78. The maximum Gasteiger partial charge on any atom is 0.225 e. The van der Waals surface area contributed by atoms with Crippen LogP contribution in [0.3, 0.4) is 0 Å². The van der Waals surface area contributed by atoms with Crippen LogP contribution in [0.5, 0.6) is 0 Å². The molecule has 22 heavy (non-hydrogen) atoms. The number of nitrogens with zero attached hydrogens (tertiary/aromatic N) is 1. The zero-order valence-corrected chi connectivity index (χ0v) is 14.7. The lowest BCUT2D eigenvalue weighted by molar-refractivity contribution is -0.116. The zero-order chi connectivity index (χ0) is 15.5. The van der Waals surface area contributed by atoms with Gasteiger partial charge >= 0.3 is 0 Å². The molecule has 0 bridgehead atoms. The fraction of sp³-hybridized carbons (Fsp3) is 0.562. The number of nitrogens with two attached hydrogens (primary N) is 1. The number of hydrogen-bond acceptors (Lipinski definition) is 3. The van der Waals surface area contributed by atoms with Gasteiger partial charge in [-0.15, -0.1) is 12.4 Å². The van der Waals surface area contributed by atoms with E-state index in [0.717, 1.165) is 31.7 Å². The summed E-state index contributed by atoms with van der Waals surface area (Å²) < 4.78 is 0. The van der Waals surface area contributed by atoms with Crippen molar-refractivity contribution in [2.24, 2.45) is 11.1 Å². The van der Waals surface area contributed by atoms with Gasteiger partial charge in [0, 0.05) is 36.3 Å². The van der Waals surface area contributed by atoms with Crippen molar-refractivity contribution in [3.05, 3.63) is 29.3 Å². The second-order valence-corrected chi connectivity index (χ2v) is 6.90. The highest BCUT2D eigenvalue weighted by Gasteiger charge is 2.33. The molecule has 2 rings (SSSR count). The molecule has 6 heteroatoms. The van der Waals surface area contributed by atoms with Crippen molar-refractivity contribution in [2.75, 3.05) is 25.0 Å². The fourth-order valence-corrected chi connectivity index (χ4v) is 2.82. The monoisotopic (exact) mass is 345 g/mol. The second-order valence-electron chi connectivity index (χ2n) is 6.46. The molecule has 1 unspecified atom stereocenters. The molecule has 1 atom stereocenters. The van der Waals surface area contributed by atoms with E-state index >= 15 is 0 Å². The van der Waals surface area contributed by atoms with Crippen molar-refractivity contribution in [2.45, 2.75) is 32.7 Å². The highest BCUT2D eigenvalue weighted by Crippen LogP contribution is 2.27. The Bertz CT molecular complexity index is 491. The van der Waals surface area contributed by atoms with E-state index in [4.69, 9.17) is 17.3 Å². The van der Waals surface area contributed by atoms with Gasteiger partial charge in [0.2, 0.25) is 5.91 Å². The van der Waals surface area contributed by atoms with Crippen LogP contribution in [0.1, 0.15) is 26.7 Å². The van der Waals surface area contributed by atoms with Crippen molar-refractivity contribution in [1.29, 1.82) is 0 Å². The Kier molecular flexibility index (Phi) is 7.13. The van der Waals surface area contributed by atoms with Crippen LogP contribution < -0.4 is 11.1 Å². The molecule has 0 saturated carbocycles. The highest BCUT2D eigenvalue weighted by atomic mass is 35.5. The third-order valence-corrected chi connectivity index (χ3v) is 4.43.